The summed E-state index contributed by atoms with van der Waals surface area (Å²) in [7, 11) is 0. The summed E-state index contributed by atoms with van der Waals surface area (Å²) < 4.78 is 0. The van der Waals surface area contributed by atoms with E-state index in [0.717, 1.165) is 5.56 Å². The Bertz CT molecular complexity index is 577. The molecule has 21 heavy (non-hydrogen) atoms. The fourth-order valence-corrected chi connectivity index (χ4v) is 2.20. The first-order chi connectivity index (χ1) is 10.1. The van der Waals surface area contributed by atoms with Gasteiger partial charge in [0.05, 0.1) is 12.7 Å². The van der Waals surface area contributed by atoms with Crippen LogP contribution in [0.1, 0.15) is 17.2 Å². The number of nitrogens with one attached hydrogen (secondary N) is 1. The zero-order valence-electron chi connectivity index (χ0n) is 11.4. The number of aliphatic hydroxyl groups is 3. The summed E-state index contributed by atoms with van der Waals surface area (Å²) in [5.41, 5.74) is 2.06. The average molecular weight is 308 g/mol. The third kappa shape index (κ3) is 4.19. The third-order valence-corrected chi connectivity index (χ3v) is 3.40. The highest BCUT2D eigenvalue weighted by atomic mass is 35.5. The second-order valence-corrected chi connectivity index (χ2v) is 5.20. The Morgan fingerprint density at radius 3 is 2.43 bits per heavy atom. The van der Waals surface area contributed by atoms with Crippen molar-refractivity contribution in [3.63, 3.8) is 0 Å². The highest BCUT2D eigenvalue weighted by Crippen LogP contribution is 2.30. The molecule has 0 radical (unpaired) electrons. The van der Waals surface area contributed by atoms with Crippen LogP contribution in [0.4, 0.5) is 5.69 Å². The van der Waals surface area contributed by atoms with Crippen molar-refractivity contribution in [3.05, 3.63) is 64.7 Å². The van der Waals surface area contributed by atoms with E-state index in [9.17, 15) is 10.2 Å². The molecule has 0 saturated carbocycles. The van der Waals surface area contributed by atoms with Crippen LogP contribution in [0.25, 0.3) is 0 Å². The quantitative estimate of drug-likeness (QED) is 0.660. The van der Waals surface area contributed by atoms with Crippen molar-refractivity contribution in [1.82, 2.24) is 0 Å². The minimum atomic E-state index is -0.870. The van der Waals surface area contributed by atoms with E-state index in [1.54, 1.807) is 18.2 Å². The number of aliphatic hydroxyl groups excluding tert-OH is 3. The summed E-state index contributed by atoms with van der Waals surface area (Å²) in [6.07, 6.45) is -1.66. The molecule has 4 nitrogen and oxygen atoms in total. The molecular formula is C16H18ClNO3. The van der Waals surface area contributed by atoms with Crippen molar-refractivity contribution >= 4 is 17.3 Å². The monoisotopic (exact) mass is 307 g/mol. The molecule has 0 aromatic heterocycles. The van der Waals surface area contributed by atoms with Gasteiger partial charge in [-0.2, -0.15) is 0 Å². The van der Waals surface area contributed by atoms with Crippen molar-refractivity contribution in [2.24, 2.45) is 0 Å². The fourth-order valence-electron chi connectivity index (χ4n) is 2.03. The number of hydrogen-bond donors (Lipinski definition) is 4. The van der Waals surface area contributed by atoms with E-state index in [1.165, 1.54) is 0 Å². The summed E-state index contributed by atoms with van der Waals surface area (Å²) in [5, 5.41) is 32.3. The molecule has 2 aromatic carbocycles. The fraction of sp³-hybridized carbons (Fsp3) is 0.250. The number of hydrogen-bond acceptors (Lipinski definition) is 4. The standard InChI is InChI=1S/C16H18ClNO3/c17-12-6-7-14(15(8-12)18-9-13(20)10-19)16(21)11-4-2-1-3-5-11/h1-8,13,16,18-21H,9-10H2. The first kappa shape index (κ1) is 15.8. The molecule has 0 bridgehead atoms. The van der Waals surface area contributed by atoms with Gasteiger partial charge in [0.15, 0.2) is 0 Å². The molecule has 0 saturated heterocycles. The summed E-state index contributed by atoms with van der Waals surface area (Å²) >= 11 is 5.98. The minimum Gasteiger partial charge on any atom is -0.394 e. The summed E-state index contributed by atoms with van der Waals surface area (Å²) in [6, 6.07) is 14.4. The Balaban J connectivity index is 2.26. The molecule has 0 fully saturated rings. The third-order valence-electron chi connectivity index (χ3n) is 3.16. The van der Waals surface area contributed by atoms with Gasteiger partial charge < -0.3 is 20.6 Å². The van der Waals surface area contributed by atoms with E-state index in [4.69, 9.17) is 16.7 Å². The van der Waals surface area contributed by atoms with Gasteiger partial charge in [-0.3, -0.25) is 0 Å². The van der Waals surface area contributed by atoms with Crippen LogP contribution in [0.3, 0.4) is 0 Å². The lowest BCUT2D eigenvalue weighted by Gasteiger charge is -2.18. The molecule has 2 aromatic rings. The Labute approximate surface area is 128 Å². The van der Waals surface area contributed by atoms with Crippen LogP contribution in [-0.2, 0) is 0 Å². The van der Waals surface area contributed by atoms with Crippen molar-refractivity contribution in [2.75, 3.05) is 18.5 Å². The van der Waals surface area contributed by atoms with Gasteiger partial charge >= 0.3 is 0 Å². The molecule has 2 atom stereocenters. The van der Waals surface area contributed by atoms with Crippen LogP contribution in [-0.4, -0.2) is 34.6 Å². The first-order valence-corrected chi connectivity index (χ1v) is 7.05. The van der Waals surface area contributed by atoms with E-state index in [0.29, 0.717) is 16.3 Å². The zero-order chi connectivity index (χ0) is 15.2. The highest BCUT2D eigenvalue weighted by molar-refractivity contribution is 6.30. The van der Waals surface area contributed by atoms with Gasteiger partial charge in [0, 0.05) is 22.8 Å². The zero-order valence-corrected chi connectivity index (χ0v) is 12.2. The molecule has 0 heterocycles. The van der Waals surface area contributed by atoms with Crippen molar-refractivity contribution in [3.8, 4) is 0 Å². The molecule has 0 aliphatic rings. The SMILES string of the molecule is OCC(O)CNc1cc(Cl)ccc1C(O)c1ccccc1. The van der Waals surface area contributed by atoms with Crippen LogP contribution >= 0.6 is 11.6 Å². The second kappa shape index (κ2) is 7.43. The lowest BCUT2D eigenvalue weighted by molar-refractivity contribution is 0.105. The summed E-state index contributed by atoms with van der Waals surface area (Å²) in [6.45, 7) is -0.157. The predicted molar refractivity (Wildman–Crippen MR) is 83.5 cm³/mol. The summed E-state index contributed by atoms with van der Waals surface area (Å²) in [5.74, 6) is 0. The van der Waals surface area contributed by atoms with Gasteiger partial charge in [-0.1, -0.05) is 48.0 Å². The van der Waals surface area contributed by atoms with E-state index in [2.05, 4.69) is 5.32 Å². The highest BCUT2D eigenvalue weighted by Gasteiger charge is 2.15. The molecule has 5 heteroatoms. The molecule has 2 unspecified atom stereocenters. The largest absolute Gasteiger partial charge is 0.394 e. The lowest BCUT2D eigenvalue weighted by Crippen LogP contribution is -2.23. The van der Waals surface area contributed by atoms with Crippen molar-refractivity contribution in [2.45, 2.75) is 12.2 Å². The molecule has 0 aliphatic carbocycles. The van der Waals surface area contributed by atoms with Crippen LogP contribution < -0.4 is 5.32 Å². The molecular weight excluding hydrogens is 290 g/mol. The number of anilines is 1. The van der Waals surface area contributed by atoms with Gasteiger partial charge in [0.1, 0.15) is 6.10 Å². The lowest BCUT2D eigenvalue weighted by atomic mass is 10.00. The molecule has 2 rings (SSSR count). The maximum atomic E-state index is 10.5. The van der Waals surface area contributed by atoms with E-state index >= 15 is 0 Å². The van der Waals surface area contributed by atoms with Gasteiger partial charge in [0.2, 0.25) is 0 Å². The topological polar surface area (TPSA) is 72.7 Å². The molecule has 112 valence electrons. The smallest absolute Gasteiger partial charge is 0.106 e. The number of rotatable bonds is 6. The van der Waals surface area contributed by atoms with Gasteiger partial charge in [-0.15, -0.1) is 0 Å². The van der Waals surface area contributed by atoms with Crippen LogP contribution in [0.2, 0.25) is 5.02 Å². The average Bonchev–Trinajstić information content (AvgIpc) is 2.53. The summed E-state index contributed by atoms with van der Waals surface area (Å²) in [4.78, 5) is 0. The Hall–Kier alpha value is -1.59. The van der Waals surface area contributed by atoms with E-state index < -0.39 is 12.2 Å². The molecule has 0 amide bonds. The predicted octanol–water partition coefficient (Wildman–Crippen LogP) is 2.19. The maximum Gasteiger partial charge on any atom is 0.106 e. The maximum absolute atomic E-state index is 10.5. The molecule has 4 N–H and O–H groups in total. The number of halogens is 1. The van der Waals surface area contributed by atoms with Gasteiger partial charge in [0.25, 0.3) is 0 Å². The molecule has 0 spiro atoms. The van der Waals surface area contributed by atoms with Gasteiger partial charge in [-0.25, -0.2) is 0 Å². The van der Waals surface area contributed by atoms with Crippen molar-refractivity contribution < 1.29 is 15.3 Å². The van der Waals surface area contributed by atoms with Crippen LogP contribution in [0.15, 0.2) is 48.5 Å². The van der Waals surface area contributed by atoms with Gasteiger partial charge in [-0.05, 0) is 17.7 Å². The molecule has 0 aliphatic heterocycles. The number of benzene rings is 2. The van der Waals surface area contributed by atoms with Crippen molar-refractivity contribution in [1.29, 1.82) is 0 Å². The van der Waals surface area contributed by atoms with Crippen LogP contribution in [0.5, 0.6) is 0 Å². The van der Waals surface area contributed by atoms with E-state index in [-0.39, 0.29) is 13.2 Å². The normalized spacial score (nSPS) is 13.7. The van der Waals surface area contributed by atoms with E-state index in [1.807, 2.05) is 30.3 Å². The Kier molecular flexibility index (Phi) is 5.59. The Morgan fingerprint density at radius 1 is 1.05 bits per heavy atom. The second-order valence-electron chi connectivity index (χ2n) is 4.76. The van der Waals surface area contributed by atoms with Crippen LogP contribution in [0, 0.1) is 0 Å². The Morgan fingerprint density at radius 2 is 1.76 bits per heavy atom. The minimum absolute atomic E-state index is 0.172. The first-order valence-electron chi connectivity index (χ1n) is 6.67.